The summed E-state index contributed by atoms with van der Waals surface area (Å²) in [5.74, 6) is 0.358. The van der Waals surface area contributed by atoms with Crippen molar-refractivity contribution in [3.8, 4) is 11.5 Å². The van der Waals surface area contributed by atoms with Gasteiger partial charge in [-0.1, -0.05) is 54.6 Å². The second-order valence-electron chi connectivity index (χ2n) is 9.14. The number of carbonyl (C=O) groups is 3. The first-order valence-corrected chi connectivity index (χ1v) is 14.3. The number of halogens is 1. The van der Waals surface area contributed by atoms with E-state index in [0.717, 1.165) is 34.2 Å². The number of amides is 3. The molecule has 3 amide bonds. The lowest BCUT2D eigenvalue weighted by atomic mass is 10.00. The van der Waals surface area contributed by atoms with Gasteiger partial charge in [0.2, 0.25) is 5.91 Å². The first-order valence-electron chi connectivity index (χ1n) is 12.7. The van der Waals surface area contributed by atoms with Gasteiger partial charge in [0.1, 0.15) is 13.2 Å². The van der Waals surface area contributed by atoms with E-state index in [2.05, 4.69) is 22.0 Å². The number of ether oxygens (including phenoxy) is 2. The van der Waals surface area contributed by atoms with Gasteiger partial charge in [-0.05, 0) is 81.5 Å². The number of carbonyl (C=O) groups excluding carboxylic acids is 3. The van der Waals surface area contributed by atoms with Crippen LogP contribution in [0.2, 0.25) is 0 Å². The van der Waals surface area contributed by atoms with Crippen LogP contribution in [-0.2, 0) is 29.2 Å². The molecule has 3 aromatic rings. The summed E-state index contributed by atoms with van der Waals surface area (Å²) in [7, 11) is 0. The molecule has 39 heavy (non-hydrogen) atoms. The molecule has 0 saturated carbocycles. The Labute approximate surface area is 239 Å². The van der Waals surface area contributed by atoms with Crippen molar-refractivity contribution in [3.05, 3.63) is 98.4 Å². The molecule has 9 heteroatoms. The molecule has 0 unspecified atom stereocenters. The van der Waals surface area contributed by atoms with E-state index in [1.54, 1.807) is 17.0 Å². The third-order valence-electron chi connectivity index (χ3n) is 6.51. The van der Waals surface area contributed by atoms with E-state index in [-0.39, 0.29) is 17.4 Å². The van der Waals surface area contributed by atoms with Crippen LogP contribution in [0.1, 0.15) is 29.2 Å². The molecule has 7 nitrogen and oxygen atoms in total. The number of hydrogen-bond donors (Lipinski definition) is 0. The molecule has 2 heterocycles. The van der Waals surface area contributed by atoms with E-state index in [9.17, 15) is 14.4 Å². The molecule has 0 bridgehead atoms. The summed E-state index contributed by atoms with van der Waals surface area (Å²) in [6.45, 7) is 3.45. The van der Waals surface area contributed by atoms with Crippen molar-refractivity contribution in [3.63, 3.8) is 0 Å². The van der Waals surface area contributed by atoms with Gasteiger partial charge in [-0.2, -0.15) is 0 Å². The molecule has 200 valence electrons. The molecule has 0 aromatic heterocycles. The normalized spacial score (nSPS) is 16.0. The Morgan fingerprint density at radius 1 is 1.03 bits per heavy atom. The van der Waals surface area contributed by atoms with Gasteiger partial charge in [0.05, 0.1) is 16.0 Å². The van der Waals surface area contributed by atoms with E-state index in [1.807, 2.05) is 61.5 Å². The van der Waals surface area contributed by atoms with E-state index in [1.165, 1.54) is 5.56 Å². The lowest BCUT2D eigenvalue weighted by molar-refractivity contribution is -0.136. The van der Waals surface area contributed by atoms with Crippen LogP contribution < -0.4 is 9.47 Å². The average Bonchev–Trinajstić information content (AvgIpc) is 3.20. The summed E-state index contributed by atoms with van der Waals surface area (Å²) >= 11 is 4.40. The Balaban J connectivity index is 1.29. The van der Waals surface area contributed by atoms with Gasteiger partial charge in [-0.25, -0.2) is 0 Å². The first-order chi connectivity index (χ1) is 18.9. The van der Waals surface area contributed by atoms with E-state index < -0.39 is 11.1 Å². The Hall–Kier alpha value is -3.56. The summed E-state index contributed by atoms with van der Waals surface area (Å²) in [4.78, 5) is 41.8. The van der Waals surface area contributed by atoms with Gasteiger partial charge in [0.25, 0.3) is 11.1 Å². The predicted molar refractivity (Wildman–Crippen MR) is 154 cm³/mol. The van der Waals surface area contributed by atoms with Gasteiger partial charge in [-0.3, -0.25) is 19.3 Å². The maximum Gasteiger partial charge on any atom is 0.294 e. The lowest BCUT2D eigenvalue weighted by Gasteiger charge is -2.29. The highest BCUT2D eigenvalue weighted by Crippen LogP contribution is 2.39. The maximum absolute atomic E-state index is 13.1. The van der Waals surface area contributed by atoms with Gasteiger partial charge in [-0.15, -0.1) is 0 Å². The third kappa shape index (κ3) is 6.20. The third-order valence-corrected chi connectivity index (χ3v) is 8.00. The molecule has 0 atom stereocenters. The predicted octanol–water partition coefficient (Wildman–Crippen LogP) is 6.05. The fourth-order valence-electron chi connectivity index (χ4n) is 4.54. The summed E-state index contributed by atoms with van der Waals surface area (Å²) in [6.07, 6.45) is 2.40. The minimum atomic E-state index is -0.478. The van der Waals surface area contributed by atoms with Crippen LogP contribution in [0.25, 0.3) is 6.08 Å². The number of fused-ring (bicyclic) bond motifs is 1. The number of imide groups is 1. The van der Waals surface area contributed by atoms with Crippen LogP contribution in [-0.4, -0.2) is 46.5 Å². The van der Waals surface area contributed by atoms with E-state index >= 15 is 0 Å². The molecule has 1 fully saturated rings. The van der Waals surface area contributed by atoms with E-state index in [0.29, 0.717) is 47.8 Å². The summed E-state index contributed by atoms with van der Waals surface area (Å²) < 4.78 is 12.5. The van der Waals surface area contributed by atoms with Crippen LogP contribution in [0.5, 0.6) is 11.5 Å². The second kappa shape index (κ2) is 12.1. The van der Waals surface area contributed by atoms with Gasteiger partial charge in [0, 0.05) is 13.1 Å². The summed E-state index contributed by atoms with van der Waals surface area (Å²) in [5.41, 5.74) is 4.01. The number of benzene rings is 3. The quantitative estimate of drug-likeness (QED) is 0.291. The molecule has 0 spiro atoms. The van der Waals surface area contributed by atoms with Crippen LogP contribution in [0.3, 0.4) is 0 Å². The molecule has 2 aliphatic rings. The summed E-state index contributed by atoms with van der Waals surface area (Å²) in [6, 6.07) is 21.4. The number of rotatable bonds is 8. The van der Waals surface area contributed by atoms with Crippen molar-refractivity contribution in [1.82, 2.24) is 9.80 Å². The largest absolute Gasteiger partial charge is 0.490 e. The van der Waals surface area contributed by atoms with Crippen molar-refractivity contribution in [1.29, 1.82) is 0 Å². The highest BCUT2D eigenvalue weighted by atomic mass is 79.9. The highest BCUT2D eigenvalue weighted by molar-refractivity contribution is 9.10. The molecule has 2 aliphatic heterocycles. The molecular weight excluding hydrogens is 580 g/mol. The van der Waals surface area contributed by atoms with Crippen molar-refractivity contribution in [2.45, 2.75) is 26.5 Å². The molecular formula is C30H27BrN2O5S. The van der Waals surface area contributed by atoms with Crippen LogP contribution in [0.4, 0.5) is 4.79 Å². The van der Waals surface area contributed by atoms with Crippen LogP contribution in [0, 0.1) is 0 Å². The lowest BCUT2D eigenvalue weighted by Crippen LogP contribution is -2.44. The maximum atomic E-state index is 13.1. The Morgan fingerprint density at radius 3 is 2.54 bits per heavy atom. The molecule has 0 aliphatic carbocycles. The summed E-state index contributed by atoms with van der Waals surface area (Å²) in [5, 5.41) is -0.455. The van der Waals surface area contributed by atoms with Gasteiger partial charge >= 0.3 is 0 Å². The smallest absolute Gasteiger partial charge is 0.294 e. The Morgan fingerprint density at radius 2 is 1.77 bits per heavy atom. The molecule has 5 rings (SSSR count). The zero-order valence-electron chi connectivity index (χ0n) is 21.4. The van der Waals surface area contributed by atoms with Crippen LogP contribution >= 0.6 is 27.7 Å². The van der Waals surface area contributed by atoms with Crippen LogP contribution in [0.15, 0.2) is 76.1 Å². The second-order valence-corrected chi connectivity index (χ2v) is 11.0. The molecule has 0 N–H and O–H groups in total. The van der Waals surface area contributed by atoms with Crippen molar-refractivity contribution < 1.29 is 23.9 Å². The SMILES string of the molecule is CCOc1cc(/C=C2/SC(=O)N(CC(=O)N3CCc4ccccc4C3)C2=O)cc(Br)c1OCc1ccccc1. The Bertz CT molecular complexity index is 1440. The minimum Gasteiger partial charge on any atom is -0.490 e. The highest BCUT2D eigenvalue weighted by Gasteiger charge is 2.37. The van der Waals surface area contributed by atoms with Crippen molar-refractivity contribution >= 4 is 50.8 Å². The monoisotopic (exact) mass is 606 g/mol. The minimum absolute atomic E-state index is 0.241. The molecule has 3 aromatic carbocycles. The van der Waals surface area contributed by atoms with Crippen molar-refractivity contribution in [2.24, 2.45) is 0 Å². The average molecular weight is 608 g/mol. The van der Waals surface area contributed by atoms with Gasteiger partial charge < -0.3 is 14.4 Å². The topological polar surface area (TPSA) is 76.2 Å². The number of hydrogen-bond acceptors (Lipinski definition) is 6. The number of nitrogens with zero attached hydrogens (tertiary/aromatic N) is 2. The zero-order valence-corrected chi connectivity index (χ0v) is 23.8. The zero-order chi connectivity index (χ0) is 27.4. The van der Waals surface area contributed by atoms with E-state index in [4.69, 9.17) is 9.47 Å². The van der Waals surface area contributed by atoms with Crippen molar-refractivity contribution in [2.75, 3.05) is 19.7 Å². The fraction of sp³-hybridized carbons (Fsp3) is 0.233. The fourth-order valence-corrected chi connectivity index (χ4v) is 5.95. The first kappa shape index (κ1) is 27.0. The number of thioether (sulfide) groups is 1. The molecule has 0 radical (unpaired) electrons. The Kier molecular flexibility index (Phi) is 8.38. The standard InChI is InChI=1S/C30H27BrN2O5S/c1-2-37-25-15-21(14-24(31)28(25)38-19-20-8-4-3-5-9-20)16-26-29(35)33(30(36)39-26)18-27(34)32-13-12-22-10-6-7-11-23(22)17-32/h3-11,14-16H,2,12-13,17-19H2,1H3/b26-16+. The molecule has 1 saturated heterocycles. The van der Waals surface area contributed by atoms with Gasteiger partial charge in [0.15, 0.2) is 11.5 Å².